The first kappa shape index (κ1) is 18.9. The average molecular weight is 360 g/mol. The summed E-state index contributed by atoms with van der Waals surface area (Å²) in [6.07, 6.45) is 3.86. The second-order valence-corrected chi connectivity index (χ2v) is 7.34. The van der Waals surface area contributed by atoms with Crippen LogP contribution in [0.5, 0.6) is 0 Å². The van der Waals surface area contributed by atoms with E-state index in [0.29, 0.717) is 25.3 Å². The summed E-state index contributed by atoms with van der Waals surface area (Å²) < 4.78 is 5.87. The van der Waals surface area contributed by atoms with Crippen LogP contribution in [-0.4, -0.2) is 41.8 Å². The molecule has 1 saturated heterocycles. The van der Waals surface area contributed by atoms with Crippen molar-refractivity contribution in [3.8, 4) is 0 Å². The van der Waals surface area contributed by atoms with Gasteiger partial charge in [0, 0.05) is 13.0 Å². The zero-order valence-corrected chi connectivity index (χ0v) is 15.0. The van der Waals surface area contributed by atoms with Crippen LogP contribution < -0.4 is 10.6 Å². The summed E-state index contributed by atoms with van der Waals surface area (Å²) in [6.45, 7) is 0.339. The molecule has 142 valence electrons. The molecule has 6 heteroatoms. The number of ether oxygens (including phenoxy) is 1. The van der Waals surface area contributed by atoms with Crippen molar-refractivity contribution in [2.45, 2.75) is 63.3 Å². The molecule has 1 aromatic rings. The normalized spacial score (nSPS) is 25.5. The number of hydrogen-bond donors (Lipinski definition) is 3. The van der Waals surface area contributed by atoms with E-state index in [1.807, 2.05) is 30.3 Å². The van der Waals surface area contributed by atoms with Crippen molar-refractivity contribution in [3.05, 3.63) is 35.9 Å². The van der Waals surface area contributed by atoms with Crippen LogP contribution in [0.4, 0.5) is 0 Å². The highest BCUT2D eigenvalue weighted by molar-refractivity contribution is 5.77. The predicted molar refractivity (Wildman–Crippen MR) is 97.2 cm³/mol. The lowest BCUT2D eigenvalue weighted by Gasteiger charge is -2.36. The molecule has 6 nitrogen and oxygen atoms in total. The Morgan fingerprint density at radius 2 is 1.81 bits per heavy atom. The molecule has 2 amide bonds. The van der Waals surface area contributed by atoms with Gasteiger partial charge in [-0.2, -0.15) is 0 Å². The van der Waals surface area contributed by atoms with Crippen LogP contribution in [0, 0.1) is 5.92 Å². The van der Waals surface area contributed by atoms with E-state index in [0.717, 1.165) is 24.8 Å². The summed E-state index contributed by atoms with van der Waals surface area (Å²) in [5, 5.41) is 15.5. The van der Waals surface area contributed by atoms with Gasteiger partial charge in [0.1, 0.15) is 6.10 Å². The van der Waals surface area contributed by atoms with Crippen LogP contribution in [0.2, 0.25) is 0 Å². The number of rotatable bonds is 8. The fourth-order valence-electron chi connectivity index (χ4n) is 3.37. The highest BCUT2D eigenvalue weighted by atomic mass is 16.5. The largest absolute Gasteiger partial charge is 0.394 e. The lowest BCUT2D eigenvalue weighted by atomic mass is 9.96. The molecule has 2 fully saturated rings. The number of benzene rings is 1. The van der Waals surface area contributed by atoms with E-state index in [2.05, 4.69) is 10.6 Å². The van der Waals surface area contributed by atoms with Gasteiger partial charge in [0.25, 0.3) is 0 Å². The number of amides is 2. The Bertz CT molecular complexity index is 603. The SMILES string of the molecule is O=C(C[C@@H]1CC[C@@H](NC(=O)CC2CC2)[C@H](CO)O1)NCc1ccccc1. The van der Waals surface area contributed by atoms with Gasteiger partial charge in [-0.15, -0.1) is 0 Å². The summed E-state index contributed by atoms with van der Waals surface area (Å²) in [4.78, 5) is 24.1. The van der Waals surface area contributed by atoms with Crippen molar-refractivity contribution in [2.75, 3.05) is 6.61 Å². The molecule has 2 aliphatic rings. The van der Waals surface area contributed by atoms with Crippen molar-refractivity contribution in [1.29, 1.82) is 0 Å². The lowest BCUT2D eigenvalue weighted by molar-refractivity contribution is -0.136. The van der Waals surface area contributed by atoms with Crippen molar-refractivity contribution in [2.24, 2.45) is 5.92 Å². The van der Waals surface area contributed by atoms with Gasteiger partial charge in [0.2, 0.25) is 11.8 Å². The van der Waals surface area contributed by atoms with Gasteiger partial charge >= 0.3 is 0 Å². The van der Waals surface area contributed by atoms with Crippen LogP contribution in [0.3, 0.4) is 0 Å². The Kier molecular flexibility index (Phi) is 6.63. The molecule has 26 heavy (non-hydrogen) atoms. The first-order valence-electron chi connectivity index (χ1n) is 9.50. The van der Waals surface area contributed by atoms with E-state index >= 15 is 0 Å². The van der Waals surface area contributed by atoms with Gasteiger partial charge in [-0.1, -0.05) is 30.3 Å². The van der Waals surface area contributed by atoms with E-state index in [1.165, 1.54) is 0 Å². The maximum absolute atomic E-state index is 12.1. The minimum Gasteiger partial charge on any atom is -0.394 e. The number of aliphatic hydroxyl groups is 1. The summed E-state index contributed by atoms with van der Waals surface area (Å²) in [5.41, 5.74) is 1.05. The zero-order chi connectivity index (χ0) is 18.4. The number of nitrogens with one attached hydrogen (secondary N) is 2. The third-order valence-corrected chi connectivity index (χ3v) is 5.06. The number of carbonyl (C=O) groups excluding carboxylic acids is 2. The molecule has 3 N–H and O–H groups in total. The van der Waals surface area contributed by atoms with E-state index in [4.69, 9.17) is 4.74 Å². The van der Waals surface area contributed by atoms with E-state index < -0.39 is 6.10 Å². The van der Waals surface area contributed by atoms with E-state index in [1.54, 1.807) is 0 Å². The lowest BCUT2D eigenvalue weighted by Crippen LogP contribution is -2.51. The standard InChI is InChI=1S/C20H28N2O4/c23-13-18-17(22-20(25)10-14-6-7-14)9-8-16(26-18)11-19(24)21-12-15-4-2-1-3-5-15/h1-5,14,16-18,23H,6-13H2,(H,21,24)(H,22,25)/t16-,17+,18-/m0/s1. The zero-order valence-electron chi connectivity index (χ0n) is 15.0. The molecular formula is C20H28N2O4. The van der Waals surface area contributed by atoms with Crippen LogP contribution >= 0.6 is 0 Å². The molecule has 0 spiro atoms. The van der Waals surface area contributed by atoms with Crippen molar-refractivity contribution in [3.63, 3.8) is 0 Å². The molecule has 3 rings (SSSR count). The Labute approximate surface area is 154 Å². The minimum absolute atomic E-state index is 0.0404. The molecule has 1 saturated carbocycles. The number of hydrogen-bond acceptors (Lipinski definition) is 4. The molecule has 0 aromatic heterocycles. The smallest absolute Gasteiger partial charge is 0.222 e. The number of aliphatic hydroxyl groups excluding tert-OH is 1. The van der Waals surface area contributed by atoms with Crippen LogP contribution in [0.15, 0.2) is 30.3 Å². The third kappa shape index (κ3) is 5.81. The maximum Gasteiger partial charge on any atom is 0.222 e. The maximum atomic E-state index is 12.1. The summed E-state index contributed by atoms with van der Waals surface area (Å²) in [7, 11) is 0. The van der Waals surface area contributed by atoms with Gasteiger partial charge < -0.3 is 20.5 Å². The molecule has 0 bridgehead atoms. The van der Waals surface area contributed by atoms with Gasteiger partial charge in [0.15, 0.2) is 0 Å². The summed E-state index contributed by atoms with van der Waals surface area (Å²) >= 11 is 0. The van der Waals surface area contributed by atoms with Crippen LogP contribution in [0.25, 0.3) is 0 Å². The van der Waals surface area contributed by atoms with Crippen LogP contribution in [0.1, 0.15) is 44.1 Å². The summed E-state index contributed by atoms with van der Waals surface area (Å²) in [5.74, 6) is 0.513. The Hall–Kier alpha value is -1.92. The molecule has 3 atom stereocenters. The van der Waals surface area contributed by atoms with Crippen molar-refractivity contribution < 1.29 is 19.4 Å². The van der Waals surface area contributed by atoms with Crippen molar-refractivity contribution in [1.82, 2.24) is 10.6 Å². The Balaban J connectivity index is 1.41. The highest BCUT2D eigenvalue weighted by Crippen LogP contribution is 2.32. The van der Waals surface area contributed by atoms with Gasteiger partial charge in [-0.25, -0.2) is 0 Å². The highest BCUT2D eigenvalue weighted by Gasteiger charge is 2.34. The molecule has 0 radical (unpaired) electrons. The fourth-order valence-corrected chi connectivity index (χ4v) is 3.37. The van der Waals surface area contributed by atoms with E-state index in [-0.39, 0.29) is 37.0 Å². The Morgan fingerprint density at radius 3 is 2.50 bits per heavy atom. The number of carbonyl (C=O) groups is 2. The topological polar surface area (TPSA) is 87.7 Å². The first-order chi connectivity index (χ1) is 12.6. The van der Waals surface area contributed by atoms with Crippen molar-refractivity contribution >= 4 is 11.8 Å². The molecule has 0 unspecified atom stereocenters. The molecular weight excluding hydrogens is 332 g/mol. The average Bonchev–Trinajstić information content (AvgIpc) is 3.46. The second kappa shape index (κ2) is 9.14. The van der Waals surface area contributed by atoms with Gasteiger partial charge in [-0.3, -0.25) is 9.59 Å². The molecule has 1 aromatic carbocycles. The molecule has 1 aliphatic heterocycles. The van der Waals surface area contributed by atoms with Gasteiger partial charge in [-0.05, 0) is 37.2 Å². The fraction of sp³-hybridized carbons (Fsp3) is 0.600. The molecule has 1 aliphatic carbocycles. The second-order valence-electron chi connectivity index (χ2n) is 7.34. The van der Waals surface area contributed by atoms with Crippen LogP contribution in [-0.2, 0) is 20.9 Å². The monoisotopic (exact) mass is 360 g/mol. The summed E-state index contributed by atoms with van der Waals surface area (Å²) in [6, 6.07) is 9.58. The minimum atomic E-state index is -0.446. The Morgan fingerprint density at radius 1 is 1.04 bits per heavy atom. The van der Waals surface area contributed by atoms with E-state index in [9.17, 15) is 14.7 Å². The molecule has 1 heterocycles. The first-order valence-corrected chi connectivity index (χ1v) is 9.50. The van der Waals surface area contributed by atoms with Gasteiger partial charge in [0.05, 0.1) is 25.2 Å². The quantitative estimate of drug-likeness (QED) is 0.656. The predicted octanol–water partition coefficient (Wildman–Crippen LogP) is 1.52. The third-order valence-electron chi connectivity index (χ3n) is 5.06.